The van der Waals surface area contributed by atoms with Crippen molar-refractivity contribution < 1.29 is 14.7 Å². The molecule has 2 amide bonds. The maximum absolute atomic E-state index is 11.8. The molecule has 6 heteroatoms. The summed E-state index contributed by atoms with van der Waals surface area (Å²) in [7, 11) is 0. The number of aliphatic hydroxyl groups excluding tert-OH is 1. The molecule has 23 heavy (non-hydrogen) atoms. The van der Waals surface area contributed by atoms with E-state index in [2.05, 4.69) is 10.6 Å². The summed E-state index contributed by atoms with van der Waals surface area (Å²) in [5.41, 5.74) is 0.780. The van der Waals surface area contributed by atoms with E-state index in [1.165, 1.54) is 0 Å². The monoisotopic (exact) mass is 332 g/mol. The Bertz CT molecular complexity index is 707. The zero-order chi connectivity index (χ0) is 16.2. The van der Waals surface area contributed by atoms with Crippen LogP contribution in [0.25, 0.3) is 10.1 Å². The zero-order valence-electron chi connectivity index (χ0n) is 12.7. The van der Waals surface area contributed by atoms with E-state index in [4.69, 9.17) is 0 Å². The Morgan fingerprint density at radius 1 is 1.22 bits per heavy atom. The van der Waals surface area contributed by atoms with E-state index in [9.17, 15) is 14.7 Å². The molecule has 0 saturated heterocycles. The molecule has 0 spiro atoms. The van der Waals surface area contributed by atoms with Crippen molar-refractivity contribution in [1.82, 2.24) is 10.6 Å². The molecule has 1 unspecified atom stereocenters. The van der Waals surface area contributed by atoms with Crippen LogP contribution >= 0.6 is 11.3 Å². The molecule has 1 heterocycles. The van der Waals surface area contributed by atoms with Crippen molar-refractivity contribution in [1.29, 1.82) is 0 Å². The summed E-state index contributed by atoms with van der Waals surface area (Å²) in [5.74, 6) is -1.30. The Balaban J connectivity index is 1.54. The largest absolute Gasteiger partial charge is 0.387 e. The van der Waals surface area contributed by atoms with Crippen molar-refractivity contribution in [2.24, 2.45) is 0 Å². The summed E-state index contributed by atoms with van der Waals surface area (Å²) < 4.78 is 1.09. The minimum atomic E-state index is -0.825. The Labute approximate surface area is 138 Å². The number of benzene rings is 1. The van der Waals surface area contributed by atoms with Crippen LogP contribution < -0.4 is 10.6 Å². The van der Waals surface area contributed by atoms with Crippen LogP contribution in [0, 0.1) is 0 Å². The Morgan fingerprint density at radius 3 is 2.74 bits per heavy atom. The molecule has 1 fully saturated rings. The van der Waals surface area contributed by atoms with Crippen LogP contribution in [-0.4, -0.2) is 29.5 Å². The average molecular weight is 332 g/mol. The SMILES string of the molecule is O=C(NCC(O)c1csc2ccccc12)C(=O)NC1CCCC1. The van der Waals surface area contributed by atoms with Crippen LogP contribution in [0.4, 0.5) is 0 Å². The molecule has 3 rings (SSSR count). The zero-order valence-corrected chi connectivity index (χ0v) is 13.6. The summed E-state index contributed by atoms with van der Waals surface area (Å²) in [5, 5.41) is 18.4. The van der Waals surface area contributed by atoms with Gasteiger partial charge < -0.3 is 15.7 Å². The molecule has 1 atom stereocenters. The second-order valence-corrected chi connectivity index (χ2v) is 6.78. The first kappa shape index (κ1) is 16.0. The highest BCUT2D eigenvalue weighted by Gasteiger charge is 2.22. The smallest absolute Gasteiger partial charge is 0.309 e. The van der Waals surface area contributed by atoms with Gasteiger partial charge in [-0.1, -0.05) is 31.0 Å². The number of carbonyl (C=O) groups is 2. The van der Waals surface area contributed by atoms with Gasteiger partial charge >= 0.3 is 11.8 Å². The fourth-order valence-electron chi connectivity index (χ4n) is 2.96. The Hall–Kier alpha value is -1.92. The average Bonchev–Trinajstić information content (AvgIpc) is 3.21. The van der Waals surface area contributed by atoms with E-state index in [1.807, 2.05) is 29.6 Å². The number of aliphatic hydroxyl groups is 1. The van der Waals surface area contributed by atoms with Crippen LogP contribution in [0.3, 0.4) is 0 Å². The molecule has 3 N–H and O–H groups in total. The second-order valence-electron chi connectivity index (χ2n) is 5.87. The molecule has 1 aliphatic rings. The molecule has 0 radical (unpaired) electrons. The molecule has 1 aliphatic carbocycles. The number of hydrogen-bond acceptors (Lipinski definition) is 4. The summed E-state index contributed by atoms with van der Waals surface area (Å²) in [6.07, 6.45) is 3.23. The van der Waals surface area contributed by atoms with Crippen LogP contribution in [0.1, 0.15) is 37.4 Å². The first-order valence-electron chi connectivity index (χ1n) is 7.88. The van der Waals surface area contributed by atoms with Gasteiger partial charge in [-0.15, -0.1) is 11.3 Å². The van der Waals surface area contributed by atoms with Gasteiger partial charge in [0.15, 0.2) is 0 Å². The first-order valence-corrected chi connectivity index (χ1v) is 8.76. The van der Waals surface area contributed by atoms with Crippen LogP contribution in [-0.2, 0) is 9.59 Å². The van der Waals surface area contributed by atoms with E-state index >= 15 is 0 Å². The lowest BCUT2D eigenvalue weighted by Crippen LogP contribution is -2.44. The van der Waals surface area contributed by atoms with E-state index in [0.29, 0.717) is 0 Å². The third kappa shape index (κ3) is 3.71. The number of fused-ring (bicyclic) bond motifs is 1. The minimum Gasteiger partial charge on any atom is -0.387 e. The van der Waals surface area contributed by atoms with E-state index in [0.717, 1.165) is 41.3 Å². The minimum absolute atomic E-state index is 0.0254. The lowest BCUT2D eigenvalue weighted by Gasteiger charge is -2.14. The van der Waals surface area contributed by atoms with Gasteiger partial charge in [0, 0.05) is 22.8 Å². The van der Waals surface area contributed by atoms with Crippen LogP contribution in [0.2, 0.25) is 0 Å². The summed E-state index contributed by atoms with van der Waals surface area (Å²) in [6, 6.07) is 7.91. The lowest BCUT2D eigenvalue weighted by molar-refractivity contribution is -0.139. The molecule has 0 aliphatic heterocycles. The normalized spacial score (nSPS) is 16.4. The molecule has 0 bridgehead atoms. The Kier molecular flexibility index (Phi) is 4.93. The lowest BCUT2D eigenvalue weighted by atomic mass is 10.1. The number of thiophene rings is 1. The van der Waals surface area contributed by atoms with E-state index in [1.54, 1.807) is 11.3 Å². The number of nitrogens with one attached hydrogen (secondary N) is 2. The van der Waals surface area contributed by atoms with E-state index < -0.39 is 17.9 Å². The highest BCUT2D eigenvalue weighted by atomic mass is 32.1. The first-order chi connectivity index (χ1) is 11.1. The van der Waals surface area contributed by atoms with Gasteiger partial charge in [-0.3, -0.25) is 9.59 Å². The number of rotatable bonds is 4. The van der Waals surface area contributed by atoms with Crippen molar-refractivity contribution in [2.45, 2.75) is 37.8 Å². The summed E-state index contributed by atoms with van der Waals surface area (Å²) >= 11 is 1.55. The fraction of sp³-hybridized carbons (Fsp3) is 0.412. The molecule has 2 aromatic rings. The fourth-order valence-corrected chi connectivity index (χ4v) is 3.97. The predicted octanol–water partition coefficient (Wildman–Crippen LogP) is 2.11. The molecular formula is C17H20N2O3S. The van der Waals surface area contributed by atoms with Gasteiger partial charge in [-0.2, -0.15) is 0 Å². The standard InChI is InChI=1S/C17H20N2O3S/c20-14(13-10-23-15-8-4-3-7-12(13)15)9-18-16(21)17(22)19-11-5-1-2-6-11/h3-4,7-8,10-11,14,20H,1-2,5-6,9H2,(H,18,21)(H,19,22). The maximum Gasteiger partial charge on any atom is 0.309 e. The predicted molar refractivity (Wildman–Crippen MR) is 90.2 cm³/mol. The second kappa shape index (κ2) is 7.10. The van der Waals surface area contributed by atoms with Crippen molar-refractivity contribution in [3.05, 3.63) is 35.2 Å². The number of amides is 2. The molecular weight excluding hydrogens is 312 g/mol. The molecule has 122 valence electrons. The van der Waals surface area contributed by atoms with Gasteiger partial charge in [0.2, 0.25) is 0 Å². The van der Waals surface area contributed by atoms with Gasteiger partial charge in [-0.25, -0.2) is 0 Å². The third-order valence-corrected chi connectivity index (χ3v) is 5.20. The van der Waals surface area contributed by atoms with Crippen LogP contribution in [0.15, 0.2) is 29.6 Å². The highest BCUT2D eigenvalue weighted by molar-refractivity contribution is 7.17. The van der Waals surface area contributed by atoms with Crippen molar-refractivity contribution >= 4 is 33.2 Å². The topological polar surface area (TPSA) is 78.4 Å². The van der Waals surface area contributed by atoms with Gasteiger partial charge in [-0.05, 0) is 29.7 Å². The summed E-state index contributed by atoms with van der Waals surface area (Å²) in [6.45, 7) is 0.0254. The van der Waals surface area contributed by atoms with Crippen molar-refractivity contribution in [2.75, 3.05) is 6.54 Å². The molecule has 1 saturated carbocycles. The maximum atomic E-state index is 11.8. The van der Waals surface area contributed by atoms with Gasteiger partial charge in [0.05, 0.1) is 6.10 Å². The van der Waals surface area contributed by atoms with Crippen molar-refractivity contribution in [3.63, 3.8) is 0 Å². The summed E-state index contributed by atoms with van der Waals surface area (Å²) in [4.78, 5) is 23.6. The van der Waals surface area contributed by atoms with E-state index in [-0.39, 0.29) is 12.6 Å². The number of carbonyl (C=O) groups excluding carboxylic acids is 2. The van der Waals surface area contributed by atoms with Gasteiger partial charge in [0.25, 0.3) is 0 Å². The molecule has 1 aromatic heterocycles. The quantitative estimate of drug-likeness (QED) is 0.750. The molecule has 1 aromatic carbocycles. The van der Waals surface area contributed by atoms with Crippen molar-refractivity contribution in [3.8, 4) is 0 Å². The third-order valence-electron chi connectivity index (χ3n) is 4.22. The number of hydrogen-bond donors (Lipinski definition) is 3. The highest BCUT2D eigenvalue weighted by Crippen LogP contribution is 2.29. The Morgan fingerprint density at radius 2 is 1.96 bits per heavy atom. The van der Waals surface area contributed by atoms with Crippen LogP contribution in [0.5, 0.6) is 0 Å². The molecule has 5 nitrogen and oxygen atoms in total. The van der Waals surface area contributed by atoms with Gasteiger partial charge in [0.1, 0.15) is 0 Å².